The number of anilines is 1. The second-order valence-corrected chi connectivity index (χ2v) is 5.96. The third-order valence-electron chi connectivity index (χ3n) is 3.53. The summed E-state index contributed by atoms with van der Waals surface area (Å²) in [5, 5.41) is 17.6. The van der Waals surface area contributed by atoms with Gasteiger partial charge in [-0.15, -0.1) is 0 Å². The molecule has 0 aromatic heterocycles. The van der Waals surface area contributed by atoms with Gasteiger partial charge in [0.05, 0.1) is 5.71 Å². The van der Waals surface area contributed by atoms with Crippen LogP contribution in [0.4, 0.5) is 5.69 Å². The summed E-state index contributed by atoms with van der Waals surface area (Å²) in [6.45, 7) is 7.97. The maximum atomic E-state index is 9.82. The van der Waals surface area contributed by atoms with Gasteiger partial charge in [0, 0.05) is 11.3 Å². The minimum Gasteiger partial charge on any atom is -0.507 e. The number of aryl methyl sites for hydroxylation is 3. The summed E-state index contributed by atoms with van der Waals surface area (Å²) in [5.74, 6) is 0.194. The van der Waals surface area contributed by atoms with Crippen LogP contribution in [0.2, 0.25) is 0 Å². The molecule has 0 saturated heterocycles. The fourth-order valence-corrected chi connectivity index (χ4v) is 2.64. The molecule has 2 aromatic rings. The van der Waals surface area contributed by atoms with Crippen LogP contribution in [0.3, 0.4) is 0 Å². The lowest BCUT2D eigenvalue weighted by Crippen LogP contribution is -2.25. The molecule has 0 aliphatic carbocycles. The highest BCUT2D eigenvalue weighted by atomic mass is 32.1. The van der Waals surface area contributed by atoms with Crippen LogP contribution in [-0.4, -0.2) is 15.9 Å². The predicted octanol–water partition coefficient (Wildman–Crippen LogP) is 4.03. The highest BCUT2D eigenvalue weighted by Gasteiger charge is 2.06. The monoisotopic (exact) mass is 327 g/mol. The normalized spacial score (nSPS) is 11.2. The van der Waals surface area contributed by atoms with E-state index in [2.05, 4.69) is 34.9 Å². The lowest BCUT2D eigenvalue weighted by molar-refractivity contribution is 0.474. The summed E-state index contributed by atoms with van der Waals surface area (Å²) in [6, 6.07) is 11.3. The summed E-state index contributed by atoms with van der Waals surface area (Å²) >= 11 is 5.30. The van der Waals surface area contributed by atoms with Crippen molar-refractivity contribution in [3.63, 3.8) is 0 Å². The molecular formula is C18H21N3OS. The Morgan fingerprint density at radius 1 is 1.09 bits per heavy atom. The molecule has 120 valence electrons. The Morgan fingerprint density at radius 3 is 2.30 bits per heavy atom. The van der Waals surface area contributed by atoms with E-state index in [0.29, 0.717) is 16.4 Å². The number of hydrazone groups is 1. The van der Waals surface area contributed by atoms with Crippen molar-refractivity contribution in [3.05, 3.63) is 58.7 Å². The SMILES string of the molecule is CC(=NNC(=S)Nc1c(C)cc(C)cc1C)c1ccccc1O. The molecule has 2 aromatic carbocycles. The highest BCUT2D eigenvalue weighted by Crippen LogP contribution is 2.21. The number of para-hydroxylation sites is 1. The Balaban J connectivity index is 2.09. The lowest BCUT2D eigenvalue weighted by atomic mass is 10.1. The van der Waals surface area contributed by atoms with Gasteiger partial charge in [0.25, 0.3) is 0 Å². The average molecular weight is 327 g/mol. The number of benzene rings is 2. The van der Waals surface area contributed by atoms with E-state index in [1.165, 1.54) is 5.56 Å². The van der Waals surface area contributed by atoms with Crippen molar-refractivity contribution in [2.75, 3.05) is 5.32 Å². The Bertz CT molecular complexity index is 746. The maximum absolute atomic E-state index is 9.82. The van der Waals surface area contributed by atoms with E-state index in [1.54, 1.807) is 18.2 Å². The standard InChI is InChI=1S/C18H21N3OS/c1-11-9-12(2)17(13(3)10-11)19-18(23)21-20-14(4)15-7-5-6-8-16(15)22/h5-10,22H,1-4H3,(H2,19,21,23). The fraction of sp³-hybridized carbons (Fsp3) is 0.222. The smallest absolute Gasteiger partial charge is 0.191 e. The molecule has 0 fully saturated rings. The van der Waals surface area contributed by atoms with E-state index >= 15 is 0 Å². The van der Waals surface area contributed by atoms with E-state index in [9.17, 15) is 5.11 Å². The largest absolute Gasteiger partial charge is 0.507 e. The maximum Gasteiger partial charge on any atom is 0.191 e. The molecule has 0 saturated carbocycles. The van der Waals surface area contributed by atoms with Crippen LogP contribution in [0.1, 0.15) is 29.2 Å². The molecule has 4 nitrogen and oxygen atoms in total. The number of rotatable bonds is 3. The fourth-order valence-electron chi connectivity index (χ4n) is 2.49. The zero-order valence-electron chi connectivity index (χ0n) is 13.8. The number of nitrogens with one attached hydrogen (secondary N) is 2. The number of phenols is 1. The summed E-state index contributed by atoms with van der Waals surface area (Å²) in [6.07, 6.45) is 0. The minimum absolute atomic E-state index is 0.194. The summed E-state index contributed by atoms with van der Waals surface area (Å²) in [4.78, 5) is 0. The summed E-state index contributed by atoms with van der Waals surface area (Å²) in [5.41, 5.74) is 8.63. The molecule has 2 rings (SSSR count). The number of hydrogen-bond acceptors (Lipinski definition) is 3. The van der Waals surface area contributed by atoms with Gasteiger partial charge < -0.3 is 10.4 Å². The first-order valence-electron chi connectivity index (χ1n) is 7.36. The molecular weight excluding hydrogens is 306 g/mol. The Hall–Kier alpha value is -2.40. The van der Waals surface area contributed by atoms with Crippen LogP contribution in [0.25, 0.3) is 0 Å². The van der Waals surface area contributed by atoms with Gasteiger partial charge in [-0.25, -0.2) is 0 Å². The summed E-state index contributed by atoms with van der Waals surface area (Å²) in [7, 11) is 0. The zero-order valence-corrected chi connectivity index (χ0v) is 14.6. The van der Waals surface area contributed by atoms with Crippen LogP contribution in [-0.2, 0) is 0 Å². The molecule has 0 heterocycles. The minimum atomic E-state index is 0.194. The van der Waals surface area contributed by atoms with Crippen LogP contribution in [0.5, 0.6) is 5.75 Å². The third-order valence-corrected chi connectivity index (χ3v) is 3.73. The van der Waals surface area contributed by atoms with Gasteiger partial charge in [0.1, 0.15) is 5.75 Å². The van der Waals surface area contributed by atoms with Crippen LogP contribution < -0.4 is 10.7 Å². The second kappa shape index (κ2) is 7.24. The number of hydrogen-bond donors (Lipinski definition) is 3. The van der Waals surface area contributed by atoms with E-state index < -0.39 is 0 Å². The van der Waals surface area contributed by atoms with Crippen LogP contribution in [0.15, 0.2) is 41.5 Å². The van der Waals surface area contributed by atoms with Crippen LogP contribution >= 0.6 is 12.2 Å². The Kier molecular flexibility index (Phi) is 5.34. The molecule has 0 aliphatic rings. The topological polar surface area (TPSA) is 56.7 Å². The third kappa shape index (κ3) is 4.29. The van der Waals surface area contributed by atoms with Crippen LogP contribution in [0, 0.1) is 20.8 Å². The van der Waals surface area contributed by atoms with E-state index in [0.717, 1.165) is 16.8 Å². The van der Waals surface area contributed by atoms with Gasteiger partial charge in [-0.2, -0.15) is 5.10 Å². The van der Waals surface area contributed by atoms with Crippen molar-refractivity contribution in [2.24, 2.45) is 5.10 Å². The average Bonchev–Trinajstić information content (AvgIpc) is 2.49. The molecule has 0 amide bonds. The Morgan fingerprint density at radius 2 is 1.70 bits per heavy atom. The molecule has 23 heavy (non-hydrogen) atoms. The second-order valence-electron chi connectivity index (χ2n) is 5.55. The first-order chi connectivity index (χ1) is 10.9. The molecule has 0 spiro atoms. The molecule has 5 heteroatoms. The van der Waals surface area contributed by atoms with Crippen molar-refractivity contribution in [1.29, 1.82) is 0 Å². The van der Waals surface area contributed by atoms with Gasteiger partial charge in [-0.1, -0.05) is 29.8 Å². The van der Waals surface area contributed by atoms with Gasteiger partial charge in [0.2, 0.25) is 0 Å². The molecule has 0 unspecified atom stereocenters. The van der Waals surface area contributed by atoms with Crippen molar-refractivity contribution in [3.8, 4) is 5.75 Å². The zero-order chi connectivity index (χ0) is 17.0. The highest BCUT2D eigenvalue weighted by molar-refractivity contribution is 7.80. The summed E-state index contributed by atoms with van der Waals surface area (Å²) < 4.78 is 0. The first kappa shape index (κ1) is 17.0. The first-order valence-corrected chi connectivity index (χ1v) is 7.77. The number of nitrogens with zero attached hydrogens (tertiary/aromatic N) is 1. The lowest BCUT2D eigenvalue weighted by Gasteiger charge is -2.14. The predicted molar refractivity (Wildman–Crippen MR) is 100 cm³/mol. The van der Waals surface area contributed by atoms with Gasteiger partial charge >= 0.3 is 0 Å². The van der Waals surface area contributed by atoms with Gasteiger partial charge in [-0.3, -0.25) is 5.43 Å². The van der Waals surface area contributed by atoms with Crippen molar-refractivity contribution < 1.29 is 5.11 Å². The molecule has 0 aliphatic heterocycles. The molecule has 0 atom stereocenters. The molecule has 3 N–H and O–H groups in total. The van der Waals surface area contributed by atoms with Crippen molar-refractivity contribution in [2.45, 2.75) is 27.7 Å². The quantitative estimate of drug-likeness (QED) is 0.453. The number of aromatic hydroxyl groups is 1. The van der Waals surface area contributed by atoms with Gasteiger partial charge in [-0.05, 0) is 63.2 Å². The molecule has 0 radical (unpaired) electrons. The van der Waals surface area contributed by atoms with E-state index in [4.69, 9.17) is 12.2 Å². The Labute approximate surface area is 142 Å². The van der Waals surface area contributed by atoms with Crippen molar-refractivity contribution in [1.82, 2.24) is 5.43 Å². The van der Waals surface area contributed by atoms with Gasteiger partial charge in [0.15, 0.2) is 5.11 Å². The number of thiocarbonyl (C=S) groups is 1. The number of phenolic OH excluding ortho intramolecular Hbond substituents is 1. The van der Waals surface area contributed by atoms with E-state index in [-0.39, 0.29) is 5.75 Å². The van der Waals surface area contributed by atoms with Crippen molar-refractivity contribution >= 4 is 28.7 Å². The molecule has 0 bridgehead atoms. The van der Waals surface area contributed by atoms with E-state index in [1.807, 2.05) is 26.8 Å².